The monoisotopic (exact) mass is 280 g/mol. The van der Waals surface area contributed by atoms with Crippen molar-refractivity contribution in [3.8, 4) is 0 Å². The van der Waals surface area contributed by atoms with Crippen molar-refractivity contribution >= 4 is 11.8 Å². The molecule has 1 saturated heterocycles. The molecule has 0 aromatic rings. The van der Waals surface area contributed by atoms with Crippen molar-refractivity contribution in [1.82, 2.24) is 10.2 Å². The largest absolute Gasteiger partial charge is 0.378 e. The highest BCUT2D eigenvalue weighted by Gasteiger charge is 2.53. The lowest BCUT2D eigenvalue weighted by molar-refractivity contribution is -0.146. The zero-order chi connectivity index (χ0) is 14.3. The highest BCUT2D eigenvalue weighted by Crippen LogP contribution is 2.42. The van der Waals surface area contributed by atoms with Gasteiger partial charge in [-0.05, 0) is 45.4 Å². The maximum atomic E-state index is 12.9. The van der Waals surface area contributed by atoms with Crippen LogP contribution in [-0.2, 0) is 14.3 Å². The summed E-state index contributed by atoms with van der Waals surface area (Å²) in [6, 6.07) is 0.254. The Labute approximate surface area is 120 Å². The Morgan fingerprint density at radius 3 is 2.65 bits per heavy atom. The molecule has 0 radical (unpaired) electrons. The first-order valence-electron chi connectivity index (χ1n) is 7.78. The van der Waals surface area contributed by atoms with Gasteiger partial charge in [-0.15, -0.1) is 0 Å². The van der Waals surface area contributed by atoms with Gasteiger partial charge in [0.05, 0.1) is 6.10 Å². The van der Waals surface area contributed by atoms with Gasteiger partial charge in [0.2, 0.25) is 11.8 Å². The van der Waals surface area contributed by atoms with Crippen molar-refractivity contribution in [3.05, 3.63) is 0 Å². The van der Waals surface area contributed by atoms with Crippen LogP contribution in [0, 0.1) is 5.92 Å². The van der Waals surface area contributed by atoms with Gasteiger partial charge < -0.3 is 15.0 Å². The molecule has 0 aromatic carbocycles. The zero-order valence-electron chi connectivity index (χ0n) is 12.4. The summed E-state index contributed by atoms with van der Waals surface area (Å²) < 4.78 is 5.58. The lowest BCUT2D eigenvalue weighted by Gasteiger charge is -2.44. The highest BCUT2D eigenvalue weighted by atomic mass is 16.5. The summed E-state index contributed by atoms with van der Waals surface area (Å²) in [4.78, 5) is 26.7. The van der Waals surface area contributed by atoms with Crippen molar-refractivity contribution in [2.24, 2.45) is 5.92 Å². The molecule has 3 rings (SSSR count). The Hall–Kier alpha value is -1.10. The maximum Gasteiger partial charge on any atom is 0.248 e. The van der Waals surface area contributed by atoms with E-state index in [-0.39, 0.29) is 24.0 Å². The molecule has 1 N–H and O–H groups in total. The molecule has 2 amide bonds. The summed E-state index contributed by atoms with van der Waals surface area (Å²) in [6.45, 7) is 5.18. The van der Waals surface area contributed by atoms with E-state index < -0.39 is 5.54 Å². The maximum absolute atomic E-state index is 12.9. The minimum absolute atomic E-state index is 0.0101. The van der Waals surface area contributed by atoms with Crippen LogP contribution in [0.25, 0.3) is 0 Å². The van der Waals surface area contributed by atoms with Crippen LogP contribution in [-0.4, -0.2) is 47.6 Å². The summed E-state index contributed by atoms with van der Waals surface area (Å²) in [5.41, 5.74) is -0.676. The minimum atomic E-state index is -0.676. The van der Waals surface area contributed by atoms with E-state index in [1.54, 1.807) is 0 Å². The molecular weight excluding hydrogens is 256 g/mol. The van der Waals surface area contributed by atoms with Crippen LogP contribution in [0.2, 0.25) is 0 Å². The van der Waals surface area contributed by atoms with E-state index in [1.165, 1.54) is 0 Å². The standard InChI is InChI=1S/C15H24N2O3/c1-3-20-12-8-11(9-12)17-7-6-13(18)16-15(2,14(17)19)10-4-5-10/h10-12H,3-9H2,1-2H3,(H,16,18). The molecular formula is C15H24N2O3. The van der Waals surface area contributed by atoms with Crippen LogP contribution in [0.4, 0.5) is 0 Å². The number of hydrogen-bond acceptors (Lipinski definition) is 3. The highest BCUT2D eigenvalue weighted by molar-refractivity contribution is 5.94. The fraction of sp³-hybridized carbons (Fsp3) is 0.867. The molecule has 1 aliphatic heterocycles. The smallest absolute Gasteiger partial charge is 0.248 e. The Morgan fingerprint density at radius 1 is 1.35 bits per heavy atom. The molecule has 112 valence electrons. The average molecular weight is 280 g/mol. The first-order chi connectivity index (χ1) is 9.54. The van der Waals surface area contributed by atoms with E-state index in [0.717, 1.165) is 32.3 Å². The predicted molar refractivity (Wildman–Crippen MR) is 74.0 cm³/mol. The lowest BCUT2D eigenvalue weighted by Crippen LogP contribution is -2.60. The van der Waals surface area contributed by atoms with Gasteiger partial charge in [-0.2, -0.15) is 0 Å². The fourth-order valence-electron chi connectivity index (χ4n) is 3.48. The molecule has 5 heteroatoms. The second kappa shape index (κ2) is 5.02. The molecule has 0 aromatic heterocycles. The number of nitrogens with zero attached hydrogens (tertiary/aromatic N) is 1. The molecule has 1 atom stereocenters. The first-order valence-corrected chi connectivity index (χ1v) is 7.78. The van der Waals surface area contributed by atoms with Crippen LogP contribution in [0.3, 0.4) is 0 Å². The van der Waals surface area contributed by atoms with E-state index in [0.29, 0.717) is 18.9 Å². The predicted octanol–water partition coefficient (Wildman–Crippen LogP) is 1.07. The van der Waals surface area contributed by atoms with Crippen LogP contribution >= 0.6 is 0 Å². The number of rotatable bonds is 4. The second-order valence-corrected chi connectivity index (χ2v) is 6.48. The van der Waals surface area contributed by atoms with Crippen molar-refractivity contribution in [2.45, 2.75) is 63.6 Å². The number of hydrogen-bond donors (Lipinski definition) is 1. The fourth-order valence-corrected chi connectivity index (χ4v) is 3.48. The molecule has 1 unspecified atom stereocenters. The molecule has 3 fully saturated rings. The second-order valence-electron chi connectivity index (χ2n) is 6.48. The quantitative estimate of drug-likeness (QED) is 0.838. The van der Waals surface area contributed by atoms with Crippen molar-refractivity contribution in [1.29, 1.82) is 0 Å². The SMILES string of the molecule is CCOC1CC(N2CCC(=O)NC(C)(C3CC3)C2=O)C1. The van der Waals surface area contributed by atoms with Gasteiger partial charge in [-0.3, -0.25) is 9.59 Å². The number of amides is 2. The van der Waals surface area contributed by atoms with Crippen LogP contribution in [0.1, 0.15) is 46.0 Å². The van der Waals surface area contributed by atoms with Crippen molar-refractivity contribution in [2.75, 3.05) is 13.2 Å². The topological polar surface area (TPSA) is 58.6 Å². The summed E-state index contributed by atoms with van der Waals surface area (Å²) in [7, 11) is 0. The molecule has 2 aliphatic carbocycles. The Balaban J connectivity index is 1.71. The third kappa shape index (κ3) is 2.32. The average Bonchev–Trinajstić information content (AvgIpc) is 3.18. The van der Waals surface area contributed by atoms with Crippen molar-refractivity contribution in [3.63, 3.8) is 0 Å². The van der Waals surface area contributed by atoms with Crippen LogP contribution < -0.4 is 5.32 Å². The van der Waals surface area contributed by atoms with Gasteiger partial charge in [0.1, 0.15) is 5.54 Å². The third-order valence-corrected chi connectivity index (χ3v) is 4.99. The number of nitrogens with one attached hydrogen (secondary N) is 1. The number of carbonyl (C=O) groups excluding carboxylic acids is 2. The zero-order valence-corrected chi connectivity index (χ0v) is 12.4. The van der Waals surface area contributed by atoms with Gasteiger partial charge in [0.15, 0.2) is 0 Å². The van der Waals surface area contributed by atoms with Gasteiger partial charge in [-0.25, -0.2) is 0 Å². The van der Waals surface area contributed by atoms with Gasteiger partial charge in [0.25, 0.3) is 0 Å². The number of carbonyl (C=O) groups is 2. The summed E-state index contributed by atoms with van der Waals surface area (Å²) in [6.07, 6.45) is 4.62. The van der Waals surface area contributed by atoms with E-state index in [1.807, 2.05) is 18.7 Å². The van der Waals surface area contributed by atoms with E-state index >= 15 is 0 Å². The van der Waals surface area contributed by atoms with E-state index in [2.05, 4.69) is 5.32 Å². The molecule has 20 heavy (non-hydrogen) atoms. The number of ether oxygens (including phenoxy) is 1. The summed E-state index contributed by atoms with van der Waals surface area (Å²) in [5, 5.41) is 2.97. The van der Waals surface area contributed by atoms with Gasteiger partial charge in [0, 0.05) is 25.6 Å². The molecule has 0 bridgehead atoms. The van der Waals surface area contributed by atoms with E-state index in [4.69, 9.17) is 4.74 Å². The van der Waals surface area contributed by atoms with Gasteiger partial charge in [-0.1, -0.05) is 0 Å². The van der Waals surface area contributed by atoms with Crippen LogP contribution in [0.15, 0.2) is 0 Å². The molecule has 1 heterocycles. The molecule has 5 nitrogen and oxygen atoms in total. The van der Waals surface area contributed by atoms with Gasteiger partial charge >= 0.3 is 0 Å². The molecule has 0 spiro atoms. The Bertz CT molecular complexity index is 415. The normalized spacial score (nSPS) is 38.2. The first kappa shape index (κ1) is 13.9. The minimum Gasteiger partial charge on any atom is -0.378 e. The molecule has 2 saturated carbocycles. The van der Waals surface area contributed by atoms with E-state index in [9.17, 15) is 9.59 Å². The Morgan fingerprint density at radius 2 is 2.05 bits per heavy atom. The third-order valence-electron chi connectivity index (χ3n) is 4.99. The summed E-state index contributed by atoms with van der Waals surface area (Å²) >= 11 is 0. The van der Waals surface area contributed by atoms with Crippen LogP contribution in [0.5, 0.6) is 0 Å². The molecule has 3 aliphatic rings. The Kier molecular flexibility index (Phi) is 3.48. The van der Waals surface area contributed by atoms with Crippen molar-refractivity contribution < 1.29 is 14.3 Å². The summed E-state index contributed by atoms with van der Waals surface area (Å²) in [5.74, 6) is 0.448. The lowest BCUT2D eigenvalue weighted by atomic mass is 9.85.